The van der Waals surface area contributed by atoms with E-state index in [1.807, 2.05) is 0 Å². The van der Waals surface area contributed by atoms with Crippen molar-refractivity contribution in [2.24, 2.45) is 0 Å². The first kappa shape index (κ1) is 11.6. The quantitative estimate of drug-likeness (QED) is 0.413. The zero-order valence-electron chi connectivity index (χ0n) is 8.36. The molecule has 69 valence electrons. The average Bonchev–Trinajstić information content (AvgIpc) is 2.10. The summed E-state index contributed by atoms with van der Waals surface area (Å²) in [5.74, 6) is 6.37. The van der Waals surface area contributed by atoms with E-state index in [1.165, 1.54) is 25.7 Å². The molecule has 0 aromatic rings. The molecule has 0 atom stereocenters. The van der Waals surface area contributed by atoms with Crippen LogP contribution in [0.5, 0.6) is 0 Å². The molecule has 0 aliphatic heterocycles. The molecule has 0 aliphatic carbocycles. The molecular formula is C12H21. The molecule has 0 aliphatic rings. The van der Waals surface area contributed by atoms with E-state index in [1.54, 1.807) is 0 Å². The molecule has 0 amide bonds. The standard InChI is InChI=1S/C12H21/c1-3-5-7-9-11-12-10-8-6-4-2/h1,3-8,10,12H2,2H3. The number of rotatable bonds is 6. The highest BCUT2D eigenvalue weighted by atomic mass is 13.9. The Morgan fingerprint density at radius 3 is 2.17 bits per heavy atom. The Morgan fingerprint density at radius 2 is 1.58 bits per heavy atom. The van der Waals surface area contributed by atoms with Gasteiger partial charge >= 0.3 is 0 Å². The van der Waals surface area contributed by atoms with Crippen molar-refractivity contribution in [3.63, 3.8) is 0 Å². The van der Waals surface area contributed by atoms with Crippen molar-refractivity contribution in [1.82, 2.24) is 0 Å². The van der Waals surface area contributed by atoms with Crippen molar-refractivity contribution in [2.45, 2.75) is 58.3 Å². The number of hydrogen-bond donors (Lipinski definition) is 0. The Bertz CT molecular complexity index is 125. The third-order valence-electron chi connectivity index (χ3n) is 1.83. The summed E-state index contributed by atoms with van der Waals surface area (Å²) in [7, 11) is 0. The van der Waals surface area contributed by atoms with Gasteiger partial charge in [-0.05, 0) is 12.8 Å². The molecule has 0 saturated carbocycles. The van der Waals surface area contributed by atoms with E-state index in [4.69, 9.17) is 0 Å². The molecule has 0 rings (SSSR count). The van der Waals surface area contributed by atoms with Crippen LogP contribution in [0.3, 0.4) is 0 Å². The van der Waals surface area contributed by atoms with E-state index in [2.05, 4.69) is 25.7 Å². The average molecular weight is 165 g/mol. The first-order valence-electron chi connectivity index (χ1n) is 5.16. The first-order valence-corrected chi connectivity index (χ1v) is 5.16. The van der Waals surface area contributed by atoms with Gasteiger partial charge in [-0.2, -0.15) is 0 Å². The van der Waals surface area contributed by atoms with Crippen LogP contribution in [0, 0.1) is 18.8 Å². The second-order valence-electron chi connectivity index (χ2n) is 3.12. The Morgan fingerprint density at radius 1 is 0.917 bits per heavy atom. The van der Waals surface area contributed by atoms with Gasteiger partial charge in [0.05, 0.1) is 0 Å². The van der Waals surface area contributed by atoms with Crippen LogP contribution in [0.1, 0.15) is 58.3 Å². The molecule has 1 radical (unpaired) electrons. The molecule has 0 heteroatoms. The summed E-state index contributed by atoms with van der Waals surface area (Å²) in [5.41, 5.74) is 0. The molecule has 0 aromatic carbocycles. The van der Waals surface area contributed by atoms with Gasteiger partial charge in [0.25, 0.3) is 0 Å². The lowest BCUT2D eigenvalue weighted by Crippen LogP contribution is -1.74. The third-order valence-corrected chi connectivity index (χ3v) is 1.83. The molecule has 0 saturated heterocycles. The molecular weight excluding hydrogens is 144 g/mol. The lowest BCUT2D eigenvalue weighted by molar-refractivity contribution is 0.679. The van der Waals surface area contributed by atoms with E-state index in [0.717, 1.165) is 25.7 Å². The minimum atomic E-state index is 1.02. The van der Waals surface area contributed by atoms with Gasteiger partial charge in [-0.3, -0.25) is 0 Å². The highest BCUT2D eigenvalue weighted by Crippen LogP contribution is 2.01. The topological polar surface area (TPSA) is 0 Å². The van der Waals surface area contributed by atoms with Crippen molar-refractivity contribution in [3.05, 3.63) is 6.92 Å². The molecule has 0 fully saturated rings. The predicted octanol–water partition coefficient (Wildman–Crippen LogP) is 3.96. The summed E-state index contributed by atoms with van der Waals surface area (Å²) < 4.78 is 0. The van der Waals surface area contributed by atoms with Crippen LogP contribution in [0.4, 0.5) is 0 Å². The first-order chi connectivity index (χ1) is 5.91. The fourth-order valence-electron chi connectivity index (χ4n) is 1.03. The van der Waals surface area contributed by atoms with Crippen LogP contribution < -0.4 is 0 Å². The molecule has 0 nitrogen and oxygen atoms in total. The van der Waals surface area contributed by atoms with Crippen LogP contribution in [0.15, 0.2) is 0 Å². The van der Waals surface area contributed by atoms with Gasteiger partial charge in [-0.25, -0.2) is 0 Å². The maximum Gasteiger partial charge on any atom is 0.00886 e. The highest BCUT2D eigenvalue weighted by molar-refractivity contribution is 4.98. The Balaban J connectivity index is 2.99. The summed E-state index contributed by atoms with van der Waals surface area (Å²) in [4.78, 5) is 0. The van der Waals surface area contributed by atoms with Crippen molar-refractivity contribution in [1.29, 1.82) is 0 Å². The Hall–Kier alpha value is -0.440. The van der Waals surface area contributed by atoms with Crippen molar-refractivity contribution >= 4 is 0 Å². The highest BCUT2D eigenvalue weighted by Gasteiger charge is 1.83. The van der Waals surface area contributed by atoms with Crippen LogP contribution >= 0.6 is 0 Å². The monoisotopic (exact) mass is 165 g/mol. The summed E-state index contributed by atoms with van der Waals surface area (Å²) in [6.07, 6.45) is 9.61. The van der Waals surface area contributed by atoms with E-state index >= 15 is 0 Å². The molecule has 0 heterocycles. The van der Waals surface area contributed by atoms with Crippen molar-refractivity contribution in [2.75, 3.05) is 0 Å². The lowest BCUT2D eigenvalue weighted by atomic mass is 10.1. The van der Waals surface area contributed by atoms with Gasteiger partial charge in [0.2, 0.25) is 0 Å². The minimum Gasteiger partial charge on any atom is -0.103 e. The fraction of sp³-hybridized carbons (Fsp3) is 0.750. The van der Waals surface area contributed by atoms with Crippen molar-refractivity contribution in [3.8, 4) is 11.8 Å². The third kappa shape index (κ3) is 9.56. The van der Waals surface area contributed by atoms with Crippen LogP contribution in [-0.4, -0.2) is 0 Å². The SMILES string of the molecule is [CH2]CCCC#CCCCCCC. The number of unbranched alkanes of at least 4 members (excludes halogenated alkanes) is 6. The smallest absolute Gasteiger partial charge is 0.00886 e. The molecule has 0 bridgehead atoms. The molecule has 0 spiro atoms. The van der Waals surface area contributed by atoms with Gasteiger partial charge in [-0.1, -0.05) is 39.5 Å². The van der Waals surface area contributed by atoms with Crippen LogP contribution in [0.2, 0.25) is 0 Å². The zero-order valence-corrected chi connectivity index (χ0v) is 8.36. The van der Waals surface area contributed by atoms with Crippen LogP contribution in [0.25, 0.3) is 0 Å². The van der Waals surface area contributed by atoms with Gasteiger partial charge in [0.15, 0.2) is 0 Å². The van der Waals surface area contributed by atoms with E-state index < -0.39 is 0 Å². The predicted molar refractivity (Wildman–Crippen MR) is 55.7 cm³/mol. The second kappa shape index (κ2) is 10.6. The van der Waals surface area contributed by atoms with Gasteiger partial charge < -0.3 is 0 Å². The summed E-state index contributed by atoms with van der Waals surface area (Å²) >= 11 is 0. The Kier molecular flexibility index (Phi) is 10.2. The Labute approximate surface area is 77.8 Å². The molecule has 0 aromatic heterocycles. The maximum absolute atomic E-state index is 3.78. The van der Waals surface area contributed by atoms with E-state index in [9.17, 15) is 0 Å². The summed E-state index contributed by atoms with van der Waals surface area (Å²) in [5, 5.41) is 0. The van der Waals surface area contributed by atoms with E-state index in [0.29, 0.717) is 0 Å². The van der Waals surface area contributed by atoms with Crippen molar-refractivity contribution < 1.29 is 0 Å². The maximum atomic E-state index is 3.78. The fourth-order valence-corrected chi connectivity index (χ4v) is 1.03. The van der Waals surface area contributed by atoms with Crippen LogP contribution in [-0.2, 0) is 0 Å². The molecule has 12 heavy (non-hydrogen) atoms. The molecule has 0 unspecified atom stereocenters. The molecule has 0 N–H and O–H groups in total. The normalized spacial score (nSPS) is 9.17. The van der Waals surface area contributed by atoms with E-state index in [-0.39, 0.29) is 0 Å². The summed E-state index contributed by atoms with van der Waals surface area (Å²) in [6.45, 7) is 6.01. The second-order valence-corrected chi connectivity index (χ2v) is 3.12. The largest absolute Gasteiger partial charge is 0.103 e. The summed E-state index contributed by atoms with van der Waals surface area (Å²) in [6, 6.07) is 0. The lowest BCUT2D eigenvalue weighted by Gasteiger charge is -1.91. The van der Waals surface area contributed by atoms with Gasteiger partial charge in [0.1, 0.15) is 0 Å². The van der Waals surface area contributed by atoms with Gasteiger partial charge in [0, 0.05) is 12.8 Å². The minimum absolute atomic E-state index is 1.02. The zero-order chi connectivity index (χ0) is 9.07. The number of hydrogen-bond acceptors (Lipinski definition) is 0. The van der Waals surface area contributed by atoms with Gasteiger partial charge in [-0.15, -0.1) is 11.8 Å².